The first-order valence-corrected chi connectivity index (χ1v) is 10.1. The van der Waals surface area contributed by atoms with Gasteiger partial charge in [0, 0.05) is 24.3 Å². The smallest absolute Gasteiger partial charge is 0.306 e. The second-order valence-corrected chi connectivity index (χ2v) is 8.74. The van der Waals surface area contributed by atoms with Gasteiger partial charge >= 0.3 is 5.97 Å². The maximum atomic E-state index is 11.6. The summed E-state index contributed by atoms with van der Waals surface area (Å²) in [5.74, 6) is 0.496. The summed E-state index contributed by atoms with van der Waals surface area (Å²) in [7, 11) is 3.42. The largest absolute Gasteiger partial charge is 0.461 e. The minimum Gasteiger partial charge on any atom is -0.461 e. The summed E-state index contributed by atoms with van der Waals surface area (Å²) in [6.45, 7) is 5.90. The van der Waals surface area contributed by atoms with Crippen LogP contribution >= 0.6 is 21.6 Å². The van der Waals surface area contributed by atoms with Crippen LogP contribution in [0.1, 0.15) is 38.7 Å². The molecule has 2 N–H and O–H groups in total. The quantitative estimate of drug-likeness (QED) is 0.264. The molecule has 0 aliphatic carbocycles. The number of ether oxygens (including phenoxy) is 2. The van der Waals surface area contributed by atoms with Crippen LogP contribution in [0.4, 0.5) is 0 Å². The topological polar surface area (TPSA) is 61.5 Å². The average Bonchev–Trinajstić information content (AvgIpc) is 2.56. The van der Waals surface area contributed by atoms with E-state index in [0.29, 0.717) is 32.1 Å². The highest BCUT2D eigenvalue weighted by Crippen LogP contribution is 2.34. The minimum atomic E-state index is -0.150. The molecule has 0 unspecified atom stereocenters. The van der Waals surface area contributed by atoms with E-state index in [1.165, 1.54) is 0 Å². The Hall–Kier alpha value is -0.690. The number of hydrogen-bond acceptors (Lipinski definition) is 6. The zero-order valence-electron chi connectivity index (χ0n) is 14.0. The summed E-state index contributed by atoms with van der Waals surface area (Å²) >= 11 is 0. The maximum Gasteiger partial charge on any atom is 0.306 e. The van der Waals surface area contributed by atoms with Gasteiger partial charge in [-0.25, -0.2) is 0 Å². The molecule has 0 aliphatic heterocycles. The molecule has 0 atom stereocenters. The van der Waals surface area contributed by atoms with Gasteiger partial charge in [0.05, 0.1) is 0 Å². The first kappa shape index (κ1) is 20.4. The zero-order chi connectivity index (χ0) is 17.0. The van der Waals surface area contributed by atoms with E-state index in [0.717, 1.165) is 18.4 Å². The summed E-state index contributed by atoms with van der Waals surface area (Å²) < 4.78 is 10.8. The molecule has 1 aromatic rings. The van der Waals surface area contributed by atoms with Crippen molar-refractivity contribution in [2.45, 2.75) is 44.5 Å². The summed E-state index contributed by atoms with van der Waals surface area (Å²) in [5, 5.41) is 0. The highest BCUT2D eigenvalue weighted by Gasteiger charge is 2.16. The number of nitrogens with two attached hydrogens (primary N) is 1. The average molecular weight is 358 g/mol. The molecule has 0 radical (unpaired) electrons. The summed E-state index contributed by atoms with van der Waals surface area (Å²) in [6, 6.07) is 9.71. The molecule has 1 aromatic carbocycles. The lowest BCUT2D eigenvalue weighted by atomic mass is 10.2. The lowest BCUT2D eigenvalue weighted by Gasteiger charge is -2.20. The molecular formula is C17H27NO3S2. The van der Waals surface area contributed by atoms with E-state index in [-0.39, 0.29) is 10.7 Å². The summed E-state index contributed by atoms with van der Waals surface area (Å²) in [5.41, 5.74) is 6.67. The molecule has 0 fully saturated rings. The van der Waals surface area contributed by atoms with Crippen molar-refractivity contribution in [2.24, 2.45) is 5.73 Å². The van der Waals surface area contributed by atoms with Gasteiger partial charge in [-0.15, -0.1) is 0 Å². The fourth-order valence-electron chi connectivity index (χ4n) is 1.59. The van der Waals surface area contributed by atoms with Crippen LogP contribution in [0, 0.1) is 0 Å². The van der Waals surface area contributed by atoms with Crippen LogP contribution in [0.5, 0.6) is 0 Å². The number of hydrogen-bond donors (Lipinski definition) is 1. The first-order valence-electron chi connectivity index (χ1n) is 7.81. The first-order chi connectivity index (χ1) is 11.0. The highest BCUT2D eigenvalue weighted by atomic mass is 33.1. The van der Waals surface area contributed by atoms with Crippen molar-refractivity contribution in [3.05, 3.63) is 35.9 Å². The standard InChI is InChI=1S/C17H27NO3S2/c1-17(2,13-18)23-22-14-20-11-7-6-10-16(19)21-12-15-8-4-3-5-9-15/h3-5,8-9H,6-7,10-14,18H2,1-2H3. The van der Waals surface area contributed by atoms with Crippen molar-refractivity contribution < 1.29 is 14.3 Å². The Bertz CT molecular complexity index is 441. The van der Waals surface area contributed by atoms with Gasteiger partial charge in [0.2, 0.25) is 0 Å². The van der Waals surface area contributed by atoms with E-state index >= 15 is 0 Å². The molecule has 0 saturated heterocycles. The normalized spacial score (nSPS) is 11.4. The third kappa shape index (κ3) is 10.7. The van der Waals surface area contributed by atoms with Gasteiger partial charge in [0.15, 0.2) is 0 Å². The van der Waals surface area contributed by atoms with E-state index in [4.69, 9.17) is 15.2 Å². The van der Waals surface area contributed by atoms with E-state index in [1.807, 2.05) is 30.3 Å². The summed E-state index contributed by atoms with van der Waals surface area (Å²) in [4.78, 5) is 11.6. The minimum absolute atomic E-state index is 0.0799. The van der Waals surface area contributed by atoms with Gasteiger partial charge in [-0.05, 0) is 32.3 Å². The lowest BCUT2D eigenvalue weighted by Crippen LogP contribution is -2.25. The molecule has 0 spiro atoms. The molecule has 6 heteroatoms. The van der Waals surface area contributed by atoms with Crippen molar-refractivity contribution in [1.82, 2.24) is 0 Å². The predicted molar refractivity (Wildman–Crippen MR) is 99.2 cm³/mol. The van der Waals surface area contributed by atoms with Crippen LogP contribution < -0.4 is 5.73 Å². The van der Waals surface area contributed by atoms with Gasteiger partial charge < -0.3 is 15.2 Å². The molecule has 0 aliphatic rings. The van der Waals surface area contributed by atoms with Gasteiger partial charge in [-0.2, -0.15) is 0 Å². The van der Waals surface area contributed by atoms with Gasteiger partial charge in [0.1, 0.15) is 12.5 Å². The molecule has 0 amide bonds. The monoisotopic (exact) mass is 357 g/mol. The second-order valence-electron chi connectivity index (χ2n) is 5.79. The molecule has 23 heavy (non-hydrogen) atoms. The van der Waals surface area contributed by atoms with Crippen LogP contribution in [-0.4, -0.2) is 29.8 Å². The number of carbonyl (C=O) groups is 1. The Morgan fingerprint density at radius 3 is 2.65 bits per heavy atom. The highest BCUT2D eigenvalue weighted by molar-refractivity contribution is 8.77. The van der Waals surface area contributed by atoms with Crippen LogP contribution in [0.15, 0.2) is 30.3 Å². The molecule has 0 aromatic heterocycles. The van der Waals surface area contributed by atoms with Gasteiger partial charge in [0.25, 0.3) is 0 Å². The molecule has 0 heterocycles. The SMILES string of the molecule is CC(C)(CN)SSCOCCCCC(=O)OCc1ccccc1. The van der Waals surface area contributed by atoms with Gasteiger partial charge in [-0.1, -0.05) is 51.9 Å². The van der Waals surface area contributed by atoms with E-state index in [1.54, 1.807) is 21.6 Å². The Morgan fingerprint density at radius 2 is 1.96 bits per heavy atom. The maximum absolute atomic E-state index is 11.6. The fraction of sp³-hybridized carbons (Fsp3) is 0.588. The van der Waals surface area contributed by atoms with Crippen molar-refractivity contribution in [2.75, 3.05) is 19.1 Å². The molecule has 0 bridgehead atoms. The second kappa shape index (κ2) is 11.8. The van der Waals surface area contributed by atoms with Crippen molar-refractivity contribution in [3.63, 3.8) is 0 Å². The Kier molecular flexibility index (Phi) is 10.4. The Labute approximate surface area is 147 Å². The molecule has 4 nitrogen and oxygen atoms in total. The predicted octanol–water partition coefficient (Wildman–Crippen LogP) is 3.99. The number of carbonyl (C=O) groups excluding carboxylic acids is 1. The molecule has 0 saturated carbocycles. The molecule has 130 valence electrons. The number of unbranched alkanes of at least 4 members (excludes halogenated alkanes) is 1. The molecule has 1 rings (SSSR count). The van der Waals surface area contributed by atoms with Crippen LogP contribution in [-0.2, 0) is 20.9 Å². The van der Waals surface area contributed by atoms with E-state index in [9.17, 15) is 4.79 Å². The molecular weight excluding hydrogens is 330 g/mol. The van der Waals surface area contributed by atoms with Crippen LogP contribution in [0.3, 0.4) is 0 Å². The number of esters is 1. The van der Waals surface area contributed by atoms with Crippen molar-refractivity contribution in [1.29, 1.82) is 0 Å². The van der Waals surface area contributed by atoms with Crippen LogP contribution in [0.2, 0.25) is 0 Å². The lowest BCUT2D eigenvalue weighted by molar-refractivity contribution is -0.145. The number of rotatable bonds is 12. The summed E-state index contributed by atoms with van der Waals surface area (Å²) in [6.07, 6.45) is 2.10. The van der Waals surface area contributed by atoms with Crippen molar-refractivity contribution >= 4 is 27.6 Å². The van der Waals surface area contributed by atoms with Crippen molar-refractivity contribution in [3.8, 4) is 0 Å². The van der Waals surface area contributed by atoms with Crippen LogP contribution in [0.25, 0.3) is 0 Å². The van der Waals surface area contributed by atoms with Gasteiger partial charge in [-0.3, -0.25) is 4.79 Å². The number of benzene rings is 1. The third-order valence-corrected chi connectivity index (χ3v) is 6.06. The fourth-order valence-corrected chi connectivity index (χ4v) is 3.73. The Balaban J connectivity index is 1.93. The Morgan fingerprint density at radius 1 is 1.22 bits per heavy atom. The zero-order valence-corrected chi connectivity index (χ0v) is 15.6. The van der Waals surface area contributed by atoms with E-state index < -0.39 is 0 Å². The van der Waals surface area contributed by atoms with E-state index in [2.05, 4.69) is 13.8 Å². The third-order valence-electron chi connectivity index (χ3n) is 3.07.